The van der Waals surface area contributed by atoms with Gasteiger partial charge in [-0.2, -0.15) is 0 Å². The van der Waals surface area contributed by atoms with Crippen LogP contribution >= 0.6 is 11.6 Å². The van der Waals surface area contributed by atoms with E-state index >= 15 is 0 Å². The number of halogens is 1. The van der Waals surface area contributed by atoms with Crippen LogP contribution in [0.25, 0.3) is 0 Å². The summed E-state index contributed by atoms with van der Waals surface area (Å²) in [5.74, 6) is 0.639. The quantitative estimate of drug-likeness (QED) is 0.749. The minimum Gasteiger partial charge on any atom is -0.314 e. The molecule has 76 valence electrons. The van der Waals surface area contributed by atoms with Gasteiger partial charge < -0.3 is 5.32 Å². The molecule has 1 aromatic rings. The highest BCUT2D eigenvalue weighted by atomic mass is 35.5. The van der Waals surface area contributed by atoms with Gasteiger partial charge in [0.15, 0.2) is 0 Å². The summed E-state index contributed by atoms with van der Waals surface area (Å²) in [5, 5.41) is 4.38. The van der Waals surface area contributed by atoms with E-state index in [-0.39, 0.29) is 0 Å². The Morgan fingerprint density at radius 3 is 2.86 bits per heavy atom. The topological polar surface area (TPSA) is 12.0 Å². The number of piperidine rings is 1. The lowest BCUT2D eigenvalue weighted by atomic mass is 9.87. The highest BCUT2D eigenvalue weighted by Gasteiger charge is 2.21. The van der Waals surface area contributed by atoms with Gasteiger partial charge in [-0.3, -0.25) is 0 Å². The molecule has 1 heterocycles. The Morgan fingerprint density at radius 1 is 1.36 bits per heavy atom. The molecule has 1 fully saturated rings. The van der Waals surface area contributed by atoms with Crippen molar-refractivity contribution in [2.24, 2.45) is 0 Å². The van der Waals surface area contributed by atoms with Gasteiger partial charge in [-0.15, -0.1) is 0 Å². The Labute approximate surface area is 90.5 Å². The normalized spacial score (nSPS) is 27.6. The van der Waals surface area contributed by atoms with Crippen LogP contribution in [0.15, 0.2) is 24.3 Å². The molecule has 0 amide bonds. The van der Waals surface area contributed by atoms with Crippen LogP contribution < -0.4 is 5.32 Å². The summed E-state index contributed by atoms with van der Waals surface area (Å²) in [6, 6.07) is 8.84. The third kappa shape index (κ3) is 2.10. The molecule has 2 heteroatoms. The van der Waals surface area contributed by atoms with Gasteiger partial charge in [-0.1, -0.05) is 29.8 Å². The molecule has 0 radical (unpaired) electrons. The minimum atomic E-state index is 0.616. The van der Waals surface area contributed by atoms with E-state index in [0.29, 0.717) is 12.0 Å². The number of rotatable bonds is 1. The van der Waals surface area contributed by atoms with Crippen LogP contribution in [0.4, 0.5) is 0 Å². The first-order chi connectivity index (χ1) is 6.77. The van der Waals surface area contributed by atoms with Crippen LogP contribution in [0.1, 0.15) is 31.2 Å². The summed E-state index contributed by atoms with van der Waals surface area (Å²) in [7, 11) is 0. The molecule has 0 aromatic heterocycles. The third-order valence-corrected chi connectivity index (χ3v) is 3.31. The summed E-state index contributed by atoms with van der Waals surface area (Å²) in [6.07, 6.45) is 2.40. The second-order valence-corrected chi connectivity index (χ2v) is 4.51. The molecule has 14 heavy (non-hydrogen) atoms. The molecule has 0 saturated carbocycles. The Balaban J connectivity index is 2.18. The second-order valence-electron chi connectivity index (χ2n) is 4.10. The maximum Gasteiger partial charge on any atom is 0.0440 e. The van der Waals surface area contributed by atoms with Crippen molar-refractivity contribution in [1.82, 2.24) is 5.32 Å². The number of hydrogen-bond donors (Lipinski definition) is 1. The number of nitrogens with one attached hydrogen (secondary N) is 1. The number of hydrogen-bond acceptors (Lipinski definition) is 1. The van der Waals surface area contributed by atoms with E-state index in [1.54, 1.807) is 0 Å². The summed E-state index contributed by atoms with van der Waals surface area (Å²) in [5.41, 5.74) is 1.32. The molecule has 1 N–H and O–H groups in total. The average Bonchev–Trinajstić information content (AvgIpc) is 2.18. The fraction of sp³-hybridized carbons (Fsp3) is 0.500. The predicted molar refractivity (Wildman–Crippen MR) is 60.9 cm³/mol. The third-order valence-electron chi connectivity index (χ3n) is 2.97. The summed E-state index contributed by atoms with van der Waals surface area (Å²) < 4.78 is 0. The van der Waals surface area contributed by atoms with Crippen LogP contribution in [0.5, 0.6) is 0 Å². The zero-order valence-electron chi connectivity index (χ0n) is 8.46. The van der Waals surface area contributed by atoms with E-state index in [2.05, 4.69) is 24.4 Å². The molecule has 1 aliphatic rings. The average molecular weight is 210 g/mol. The molecule has 1 aromatic carbocycles. The van der Waals surface area contributed by atoms with Crippen LogP contribution in [0, 0.1) is 0 Å². The van der Waals surface area contributed by atoms with Crippen LogP contribution in [-0.4, -0.2) is 12.6 Å². The van der Waals surface area contributed by atoms with Crippen molar-refractivity contribution in [1.29, 1.82) is 0 Å². The van der Waals surface area contributed by atoms with E-state index in [1.165, 1.54) is 18.4 Å². The van der Waals surface area contributed by atoms with Gasteiger partial charge in [0.1, 0.15) is 0 Å². The van der Waals surface area contributed by atoms with Crippen molar-refractivity contribution < 1.29 is 0 Å². The zero-order chi connectivity index (χ0) is 9.97. The highest BCUT2D eigenvalue weighted by Crippen LogP contribution is 2.32. The summed E-state index contributed by atoms with van der Waals surface area (Å²) in [6.45, 7) is 3.35. The molecule has 0 bridgehead atoms. The molecule has 2 unspecified atom stereocenters. The molecular formula is C12H16ClN. The molecule has 2 atom stereocenters. The molecule has 1 aliphatic heterocycles. The first-order valence-electron chi connectivity index (χ1n) is 5.25. The monoisotopic (exact) mass is 209 g/mol. The molecule has 1 nitrogen and oxygen atoms in total. The Bertz CT molecular complexity index is 311. The fourth-order valence-corrected chi connectivity index (χ4v) is 2.51. The van der Waals surface area contributed by atoms with Crippen molar-refractivity contribution in [3.05, 3.63) is 34.9 Å². The maximum atomic E-state index is 6.18. The molecular weight excluding hydrogens is 194 g/mol. The van der Waals surface area contributed by atoms with Gasteiger partial charge in [0.2, 0.25) is 0 Å². The molecule has 0 spiro atoms. The van der Waals surface area contributed by atoms with E-state index < -0.39 is 0 Å². The Kier molecular flexibility index (Phi) is 3.09. The fourth-order valence-electron chi connectivity index (χ4n) is 2.22. The summed E-state index contributed by atoms with van der Waals surface area (Å²) in [4.78, 5) is 0. The lowest BCUT2D eigenvalue weighted by molar-refractivity contribution is 0.381. The summed E-state index contributed by atoms with van der Waals surface area (Å²) >= 11 is 6.18. The minimum absolute atomic E-state index is 0.616. The predicted octanol–water partition coefficient (Wildman–Crippen LogP) is 3.20. The van der Waals surface area contributed by atoms with Gasteiger partial charge in [-0.05, 0) is 43.9 Å². The molecule has 0 aliphatic carbocycles. The van der Waals surface area contributed by atoms with Crippen molar-refractivity contribution >= 4 is 11.6 Å². The van der Waals surface area contributed by atoms with Gasteiger partial charge in [0, 0.05) is 11.1 Å². The largest absolute Gasteiger partial charge is 0.314 e. The van der Waals surface area contributed by atoms with E-state index in [1.807, 2.05) is 12.1 Å². The highest BCUT2D eigenvalue weighted by molar-refractivity contribution is 6.31. The van der Waals surface area contributed by atoms with E-state index in [0.717, 1.165) is 11.6 Å². The van der Waals surface area contributed by atoms with Gasteiger partial charge in [0.25, 0.3) is 0 Å². The van der Waals surface area contributed by atoms with E-state index in [9.17, 15) is 0 Å². The Hall–Kier alpha value is -0.530. The Morgan fingerprint density at radius 2 is 2.14 bits per heavy atom. The van der Waals surface area contributed by atoms with Crippen molar-refractivity contribution in [3.63, 3.8) is 0 Å². The lowest BCUT2D eigenvalue weighted by Crippen LogP contribution is -2.34. The first kappa shape index (κ1) is 10.0. The smallest absolute Gasteiger partial charge is 0.0440 e. The van der Waals surface area contributed by atoms with Crippen molar-refractivity contribution in [2.75, 3.05) is 6.54 Å². The molecule has 2 rings (SSSR count). The van der Waals surface area contributed by atoms with Crippen LogP contribution in [-0.2, 0) is 0 Å². The zero-order valence-corrected chi connectivity index (χ0v) is 9.22. The van der Waals surface area contributed by atoms with Gasteiger partial charge >= 0.3 is 0 Å². The van der Waals surface area contributed by atoms with Crippen LogP contribution in [0.2, 0.25) is 5.02 Å². The van der Waals surface area contributed by atoms with Gasteiger partial charge in [-0.25, -0.2) is 0 Å². The second kappa shape index (κ2) is 4.33. The SMILES string of the molecule is CC1CC(c2ccccc2Cl)CCN1. The maximum absolute atomic E-state index is 6.18. The first-order valence-corrected chi connectivity index (χ1v) is 5.63. The molecule has 1 saturated heterocycles. The van der Waals surface area contributed by atoms with Gasteiger partial charge in [0.05, 0.1) is 0 Å². The standard InChI is InChI=1S/C12H16ClN/c1-9-8-10(6-7-14-9)11-4-2-3-5-12(11)13/h2-5,9-10,14H,6-8H2,1H3. The van der Waals surface area contributed by atoms with Crippen LogP contribution in [0.3, 0.4) is 0 Å². The number of benzene rings is 1. The lowest BCUT2D eigenvalue weighted by Gasteiger charge is -2.28. The van der Waals surface area contributed by atoms with E-state index in [4.69, 9.17) is 11.6 Å². The van der Waals surface area contributed by atoms with Crippen molar-refractivity contribution in [3.8, 4) is 0 Å². The van der Waals surface area contributed by atoms with Crippen molar-refractivity contribution in [2.45, 2.75) is 31.7 Å².